The number of hydrogen-bond donors (Lipinski definition) is 2. The van der Waals surface area contributed by atoms with E-state index in [2.05, 4.69) is 9.97 Å². The molecule has 82 valence electrons. The lowest BCUT2D eigenvalue weighted by atomic mass is 10.2. The Kier molecular flexibility index (Phi) is 2.98. The van der Waals surface area contributed by atoms with Crippen LogP contribution < -0.4 is 16.0 Å². The third-order valence-corrected chi connectivity index (χ3v) is 2.06. The Morgan fingerprint density at radius 2 is 2.19 bits per heavy atom. The van der Waals surface area contributed by atoms with E-state index in [9.17, 15) is 4.79 Å². The van der Waals surface area contributed by atoms with Crippen molar-refractivity contribution in [2.45, 2.75) is 6.54 Å². The second kappa shape index (κ2) is 4.59. The number of nitrogens with zero attached hydrogens (tertiary/aromatic N) is 1. The number of nitrogens with one attached hydrogen (secondary N) is 1. The third kappa shape index (κ3) is 2.26. The van der Waals surface area contributed by atoms with E-state index in [0.717, 1.165) is 5.56 Å². The van der Waals surface area contributed by atoms with Crippen LogP contribution in [0.5, 0.6) is 11.6 Å². The number of rotatable bonds is 3. The molecular formula is C11H11N3O2. The van der Waals surface area contributed by atoms with Gasteiger partial charge in [-0.25, -0.2) is 4.98 Å². The zero-order valence-corrected chi connectivity index (χ0v) is 8.51. The van der Waals surface area contributed by atoms with E-state index in [0.29, 0.717) is 12.3 Å². The Bertz CT molecular complexity index is 537. The molecule has 0 amide bonds. The number of hydrogen-bond acceptors (Lipinski definition) is 4. The lowest BCUT2D eigenvalue weighted by Crippen LogP contribution is -2.05. The molecule has 0 spiro atoms. The Labute approximate surface area is 91.9 Å². The Morgan fingerprint density at radius 3 is 2.94 bits per heavy atom. The second-order valence-corrected chi connectivity index (χ2v) is 3.16. The molecule has 0 saturated carbocycles. The van der Waals surface area contributed by atoms with Crippen molar-refractivity contribution in [3.05, 3.63) is 52.6 Å². The maximum Gasteiger partial charge on any atom is 0.254 e. The van der Waals surface area contributed by atoms with E-state index in [1.807, 2.05) is 18.2 Å². The van der Waals surface area contributed by atoms with Crippen LogP contribution in [-0.2, 0) is 6.54 Å². The molecule has 2 aromatic rings. The minimum atomic E-state index is -0.254. The molecule has 0 saturated heterocycles. The predicted octanol–water partition coefficient (Wildman–Crippen LogP) is 1.02. The molecule has 0 bridgehead atoms. The topological polar surface area (TPSA) is 81.0 Å². The standard InChI is InChI=1S/C11H11N3O2/c12-6-8-3-1-2-4-9(8)16-11-5-10(15)13-7-14-11/h1-5,7H,6,12H2,(H,13,14,15). The zero-order chi connectivity index (χ0) is 11.4. The Hall–Kier alpha value is -2.14. The van der Waals surface area contributed by atoms with Crippen LogP contribution in [0.25, 0.3) is 0 Å². The Morgan fingerprint density at radius 1 is 1.38 bits per heavy atom. The summed E-state index contributed by atoms with van der Waals surface area (Å²) in [6, 6.07) is 8.64. The molecule has 0 radical (unpaired) electrons. The smallest absolute Gasteiger partial charge is 0.254 e. The van der Waals surface area contributed by atoms with Crippen LogP contribution in [0.4, 0.5) is 0 Å². The molecule has 16 heavy (non-hydrogen) atoms. The number of aromatic amines is 1. The molecule has 0 aliphatic carbocycles. The van der Waals surface area contributed by atoms with Gasteiger partial charge in [-0.05, 0) is 6.07 Å². The van der Waals surface area contributed by atoms with Crippen molar-refractivity contribution in [1.29, 1.82) is 0 Å². The molecule has 2 rings (SSSR count). The minimum absolute atomic E-state index is 0.254. The van der Waals surface area contributed by atoms with Gasteiger partial charge in [-0.3, -0.25) is 4.79 Å². The highest BCUT2D eigenvalue weighted by Crippen LogP contribution is 2.22. The van der Waals surface area contributed by atoms with Crippen molar-refractivity contribution in [3.63, 3.8) is 0 Å². The van der Waals surface area contributed by atoms with Crippen LogP contribution in [0.3, 0.4) is 0 Å². The summed E-state index contributed by atoms with van der Waals surface area (Å²) in [7, 11) is 0. The van der Waals surface area contributed by atoms with Gasteiger partial charge in [0, 0.05) is 12.1 Å². The first kappa shape index (κ1) is 10.4. The van der Waals surface area contributed by atoms with Gasteiger partial charge in [0.05, 0.1) is 12.4 Å². The van der Waals surface area contributed by atoms with Crippen LogP contribution in [0.1, 0.15) is 5.56 Å². The van der Waals surface area contributed by atoms with Crippen molar-refractivity contribution >= 4 is 0 Å². The fraction of sp³-hybridized carbons (Fsp3) is 0.0909. The van der Waals surface area contributed by atoms with E-state index in [1.54, 1.807) is 6.07 Å². The number of aromatic nitrogens is 2. The average molecular weight is 217 g/mol. The van der Waals surface area contributed by atoms with Gasteiger partial charge in [-0.15, -0.1) is 0 Å². The molecule has 0 aliphatic rings. The monoisotopic (exact) mass is 217 g/mol. The molecule has 1 aromatic heterocycles. The zero-order valence-electron chi connectivity index (χ0n) is 8.51. The number of nitrogens with two attached hydrogens (primary N) is 1. The molecule has 5 nitrogen and oxygen atoms in total. The van der Waals surface area contributed by atoms with Crippen LogP contribution in [0.2, 0.25) is 0 Å². The van der Waals surface area contributed by atoms with Gasteiger partial charge in [0.1, 0.15) is 5.75 Å². The molecule has 0 unspecified atom stereocenters. The van der Waals surface area contributed by atoms with Crippen molar-refractivity contribution in [2.75, 3.05) is 0 Å². The second-order valence-electron chi connectivity index (χ2n) is 3.16. The van der Waals surface area contributed by atoms with Gasteiger partial charge in [-0.1, -0.05) is 18.2 Å². The largest absolute Gasteiger partial charge is 0.438 e. The molecule has 5 heteroatoms. The number of ether oxygens (including phenoxy) is 1. The SMILES string of the molecule is NCc1ccccc1Oc1cc(=O)[nH]cn1. The highest BCUT2D eigenvalue weighted by molar-refractivity contribution is 5.35. The van der Waals surface area contributed by atoms with Gasteiger partial charge in [0.25, 0.3) is 5.56 Å². The van der Waals surface area contributed by atoms with E-state index in [1.165, 1.54) is 12.4 Å². The number of H-pyrrole nitrogens is 1. The van der Waals surface area contributed by atoms with E-state index in [4.69, 9.17) is 10.5 Å². The maximum absolute atomic E-state index is 11.0. The van der Waals surface area contributed by atoms with E-state index < -0.39 is 0 Å². The first-order valence-corrected chi connectivity index (χ1v) is 4.80. The minimum Gasteiger partial charge on any atom is -0.438 e. The molecule has 1 aromatic carbocycles. The highest BCUT2D eigenvalue weighted by atomic mass is 16.5. The van der Waals surface area contributed by atoms with Crippen molar-refractivity contribution < 1.29 is 4.74 Å². The molecule has 3 N–H and O–H groups in total. The number of benzene rings is 1. The summed E-state index contributed by atoms with van der Waals surface area (Å²) in [5, 5.41) is 0. The van der Waals surface area contributed by atoms with Crippen LogP contribution in [-0.4, -0.2) is 9.97 Å². The molecule has 0 atom stereocenters. The molecule has 0 aliphatic heterocycles. The van der Waals surface area contributed by atoms with Crippen LogP contribution >= 0.6 is 0 Å². The van der Waals surface area contributed by atoms with Gasteiger partial charge in [0.15, 0.2) is 0 Å². The van der Waals surface area contributed by atoms with Crippen molar-refractivity contribution in [2.24, 2.45) is 5.73 Å². The summed E-state index contributed by atoms with van der Waals surface area (Å²) in [6.07, 6.45) is 1.29. The van der Waals surface area contributed by atoms with E-state index >= 15 is 0 Å². The quantitative estimate of drug-likeness (QED) is 0.804. The van der Waals surface area contributed by atoms with Gasteiger partial charge < -0.3 is 15.5 Å². The van der Waals surface area contributed by atoms with Gasteiger partial charge >= 0.3 is 0 Å². The van der Waals surface area contributed by atoms with Crippen molar-refractivity contribution in [3.8, 4) is 11.6 Å². The van der Waals surface area contributed by atoms with Crippen molar-refractivity contribution in [1.82, 2.24) is 9.97 Å². The summed E-state index contributed by atoms with van der Waals surface area (Å²) in [5.41, 5.74) is 6.18. The van der Waals surface area contributed by atoms with E-state index in [-0.39, 0.29) is 11.4 Å². The fourth-order valence-electron chi connectivity index (χ4n) is 1.29. The maximum atomic E-state index is 11.0. The van der Waals surface area contributed by atoms with Crippen LogP contribution in [0, 0.1) is 0 Å². The Balaban J connectivity index is 2.30. The normalized spacial score (nSPS) is 10.1. The molecule has 1 heterocycles. The lowest BCUT2D eigenvalue weighted by Gasteiger charge is -2.07. The van der Waals surface area contributed by atoms with Crippen LogP contribution in [0.15, 0.2) is 41.5 Å². The molecule has 0 fully saturated rings. The average Bonchev–Trinajstić information content (AvgIpc) is 2.30. The fourth-order valence-corrected chi connectivity index (χ4v) is 1.29. The summed E-state index contributed by atoms with van der Waals surface area (Å²) in [5.74, 6) is 0.868. The third-order valence-electron chi connectivity index (χ3n) is 2.06. The highest BCUT2D eigenvalue weighted by Gasteiger charge is 2.03. The first-order valence-electron chi connectivity index (χ1n) is 4.80. The summed E-state index contributed by atoms with van der Waals surface area (Å²) >= 11 is 0. The molecular weight excluding hydrogens is 206 g/mol. The summed E-state index contributed by atoms with van der Waals surface area (Å²) < 4.78 is 5.47. The number of para-hydroxylation sites is 1. The summed E-state index contributed by atoms with van der Waals surface area (Å²) in [6.45, 7) is 0.374. The van der Waals surface area contributed by atoms with Gasteiger partial charge in [-0.2, -0.15) is 0 Å². The first-order chi connectivity index (χ1) is 7.79. The lowest BCUT2D eigenvalue weighted by molar-refractivity contribution is 0.455. The predicted molar refractivity (Wildman–Crippen MR) is 59.3 cm³/mol. The summed E-state index contributed by atoms with van der Waals surface area (Å²) in [4.78, 5) is 17.3. The van der Waals surface area contributed by atoms with Gasteiger partial charge in [0.2, 0.25) is 5.88 Å².